The third-order valence-corrected chi connectivity index (χ3v) is 10.1. The minimum absolute atomic E-state index is 0.197. The van der Waals surface area contributed by atoms with Crippen LogP contribution in [-0.4, -0.2) is 37.0 Å². The SMILES string of the molecule is CC/C=C\C/C=C\C/C=C\C/C=C\C/C=C\C/C=C\CCCCC(=O)OC(CO)COCCCCCCCCCCCCC/C=C\C/C=C\C/C=C\CCCCCCC. The molecule has 0 radical (unpaired) electrons. The van der Waals surface area contributed by atoms with E-state index in [0.29, 0.717) is 13.0 Å². The number of allylic oxidation sites excluding steroid dienone is 18. The maximum absolute atomic E-state index is 12.2. The average Bonchev–Trinajstić information content (AvgIpc) is 3.24. The fraction of sp³-hybridized carbons (Fsp3) is 0.655. The van der Waals surface area contributed by atoms with Gasteiger partial charge in [-0.3, -0.25) is 4.79 Å². The predicted octanol–water partition coefficient (Wildman–Crippen LogP) is 16.7. The molecule has 0 saturated heterocycles. The summed E-state index contributed by atoms with van der Waals surface area (Å²) < 4.78 is 11.2. The van der Waals surface area contributed by atoms with Gasteiger partial charge < -0.3 is 14.6 Å². The van der Waals surface area contributed by atoms with Gasteiger partial charge in [0.05, 0.1) is 13.2 Å². The highest BCUT2D eigenvalue weighted by molar-refractivity contribution is 5.69. The molecule has 4 nitrogen and oxygen atoms in total. The number of aliphatic hydroxyl groups is 1. The van der Waals surface area contributed by atoms with Crippen molar-refractivity contribution in [2.45, 2.75) is 213 Å². The molecule has 0 saturated carbocycles. The molecular formula is C55H92O4. The van der Waals surface area contributed by atoms with Gasteiger partial charge in [0, 0.05) is 13.0 Å². The van der Waals surface area contributed by atoms with Crippen molar-refractivity contribution in [1.29, 1.82) is 0 Å². The number of carbonyl (C=O) groups excluding carboxylic acids is 1. The number of esters is 1. The quantitative estimate of drug-likeness (QED) is 0.0378. The van der Waals surface area contributed by atoms with E-state index in [1.54, 1.807) is 0 Å². The number of unbranched alkanes of at least 4 members (excludes halogenated alkanes) is 18. The van der Waals surface area contributed by atoms with Crippen molar-refractivity contribution < 1.29 is 19.4 Å². The molecule has 1 atom stereocenters. The van der Waals surface area contributed by atoms with Crippen LogP contribution in [0, 0.1) is 0 Å². The first-order chi connectivity index (χ1) is 29.2. The van der Waals surface area contributed by atoms with Crippen LogP contribution in [0.15, 0.2) is 109 Å². The van der Waals surface area contributed by atoms with E-state index >= 15 is 0 Å². The Morgan fingerprint density at radius 2 is 0.763 bits per heavy atom. The second-order valence-corrected chi connectivity index (χ2v) is 15.8. The summed E-state index contributed by atoms with van der Waals surface area (Å²) in [4.78, 5) is 12.2. The number of carbonyl (C=O) groups is 1. The van der Waals surface area contributed by atoms with Crippen LogP contribution in [0.3, 0.4) is 0 Å². The number of ether oxygens (including phenoxy) is 2. The van der Waals surface area contributed by atoms with Gasteiger partial charge in [-0.1, -0.05) is 207 Å². The van der Waals surface area contributed by atoms with Crippen molar-refractivity contribution in [2.75, 3.05) is 19.8 Å². The largest absolute Gasteiger partial charge is 0.457 e. The van der Waals surface area contributed by atoms with Gasteiger partial charge in [0.2, 0.25) is 0 Å². The maximum atomic E-state index is 12.2. The lowest BCUT2D eigenvalue weighted by molar-refractivity contribution is -0.154. The van der Waals surface area contributed by atoms with E-state index in [4.69, 9.17) is 9.47 Å². The van der Waals surface area contributed by atoms with E-state index in [9.17, 15) is 9.90 Å². The summed E-state index contributed by atoms with van der Waals surface area (Å²) in [6.45, 7) is 5.16. The molecule has 4 heteroatoms. The van der Waals surface area contributed by atoms with Crippen LogP contribution in [0.1, 0.15) is 206 Å². The second-order valence-electron chi connectivity index (χ2n) is 15.8. The molecule has 0 aliphatic heterocycles. The highest BCUT2D eigenvalue weighted by Crippen LogP contribution is 2.13. The Bertz CT molecular complexity index is 1130. The zero-order valence-corrected chi connectivity index (χ0v) is 38.5. The van der Waals surface area contributed by atoms with Gasteiger partial charge in [-0.2, -0.15) is 0 Å². The third kappa shape index (κ3) is 49.3. The molecule has 59 heavy (non-hydrogen) atoms. The molecule has 0 aliphatic carbocycles. The molecule has 336 valence electrons. The highest BCUT2D eigenvalue weighted by Gasteiger charge is 2.13. The normalized spacial score (nSPS) is 13.3. The average molecular weight is 817 g/mol. The van der Waals surface area contributed by atoms with E-state index < -0.39 is 6.10 Å². The van der Waals surface area contributed by atoms with Gasteiger partial charge >= 0.3 is 5.97 Å². The van der Waals surface area contributed by atoms with Crippen molar-refractivity contribution in [3.8, 4) is 0 Å². The molecule has 0 rings (SSSR count). The summed E-state index contributed by atoms with van der Waals surface area (Å²) in [7, 11) is 0. The van der Waals surface area contributed by atoms with E-state index in [-0.39, 0.29) is 19.2 Å². The van der Waals surface area contributed by atoms with Gasteiger partial charge in [0.15, 0.2) is 0 Å². The summed E-state index contributed by atoms with van der Waals surface area (Å²) in [5, 5.41) is 9.63. The van der Waals surface area contributed by atoms with Crippen LogP contribution in [0.4, 0.5) is 0 Å². The molecule has 1 N–H and O–H groups in total. The van der Waals surface area contributed by atoms with Crippen LogP contribution in [-0.2, 0) is 14.3 Å². The minimum Gasteiger partial charge on any atom is -0.457 e. The van der Waals surface area contributed by atoms with Crippen LogP contribution in [0.2, 0.25) is 0 Å². The fourth-order valence-corrected chi connectivity index (χ4v) is 6.46. The molecule has 1 unspecified atom stereocenters. The maximum Gasteiger partial charge on any atom is 0.306 e. The number of hydrogen-bond donors (Lipinski definition) is 1. The summed E-state index contributed by atoms with van der Waals surface area (Å²) in [5.74, 6) is -0.246. The van der Waals surface area contributed by atoms with E-state index in [2.05, 4.69) is 123 Å². The first-order valence-corrected chi connectivity index (χ1v) is 24.5. The van der Waals surface area contributed by atoms with Crippen molar-refractivity contribution in [1.82, 2.24) is 0 Å². The van der Waals surface area contributed by atoms with E-state index in [1.165, 1.54) is 109 Å². The Morgan fingerprint density at radius 1 is 0.424 bits per heavy atom. The fourth-order valence-electron chi connectivity index (χ4n) is 6.46. The van der Waals surface area contributed by atoms with Gasteiger partial charge in [0.1, 0.15) is 6.10 Å². The second kappa shape index (κ2) is 51.2. The molecule has 0 aromatic heterocycles. The summed E-state index contributed by atoms with van der Waals surface area (Å²) in [6, 6.07) is 0. The molecule has 0 spiro atoms. The Hall–Kier alpha value is -2.95. The zero-order valence-electron chi connectivity index (χ0n) is 38.5. The summed E-state index contributed by atoms with van der Waals surface area (Å²) in [6.07, 6.45) is 74.6. The van der Waals surface area contributed by atoms with Gasteiger partial charge in [0.25, 0.3) is 0 Å². The van der Waals surface area contributed by atoms with Gasteiger partial charge in [-0.25, -0.2) is 0 Å². The Kier molecular flexibility index (Phi) is 48.6. The highest BCUT2D eigenvalue weighted by atomic mass is 16.6. The lowest BCUT2D eigenvalue weighted by Gasteiger charge is -2.15. The standard InChI is InChI=1S/C55H92O4/c1-3-5-7-9-11-13-15-17-19-21-23-25-26-27-28-29-31-33-35-37-39-41-43-45-47-49-51-58-53-54(52-56)59-55(57)50-48-46-44-42-40-38-36-34-32-30-24-22-20-18-16-14-12-10-8-6-4-2/h6,8,12,14-15,17-18,20-21,23-24,26-27,30,34,36,40,42,54,56H,3-5,7,9-11,13,16,19,22,25,28-29,31-33,35,37-39,41,43-53H2,1-2H3/b8-6-,14-12-,17-15-,20-18-,23-21-,27-26-,30-24-,36-34-,42-40-. The van der Waals surface area contributed by atoms with E-state index in [0.717, 1.165) is 77.0 Å². The minimum atomic E-state index is -0.568. The monoisotopic (exact) mass is 817 g/mol. The molecular weight excluding hydrogens is 725 g/mol. The Labute approximate surface area is 365 Å². The first-order valence-electron chi connectivity index (χ1n) is 24.5. The number of hydrogen-bond acceptors (Lipinski definition) is 4. The van der Waals surface area contributed by atoms with Crippen molar-refractivity contribution in [3.63, 3.8) is 0 Å². The lowest BCUT2D eigenvalue weighted by atomic mass is 10.1. The van der Waals surface area contributed by atoms with Crippen molar-refractivity contribution in [2.24, 2.45) is 0 Å². The zero-order chi connectivity index (χ0) is 42.6. The molecule has 0 aromatic carbocycles. The smallest absolute Gasteiger partial charge is 0.306 e. The predicted molar refractivity (Wildman–Crippen MR) is 260 cm³/mol. The summed E-state index contributed by atoms with van der Waals surface area (Å²) in [5.41, 5.74) is 0. The van der Waals surface area contributed by atoms with Gasteiger partial charge in [-0.15, -0.1) is 0 Å². The molecule has 0 fully saturated rings. The number of aliphatic hydroxyl groups excluding tert-OH is 1. The molecule has 0 heterocycles. The Balaban J connectivity index is 3.54. The topological polar surface area (TPSA) is 55.8 Å². The van der Waals surface area contributed by atoms with Crippen LogP contribution in [0.25, 0.3) is 0 Å². The first kappa shape index (κ1) is 56.1. The summed E-state index contributed by atoms with van der Waals surface area (Å²) >= 11 is 0. The lowest BCUT2D eigenvalue weighted by Crippen LogP contribution is -2.27. The van der Waals surface area contributed by atoms with Crippen molar-refractivity contribution >= 4 is 5.97 Å². The van der Waals surface area contributed by atoms with Gasteiger partial charge in [-0.05, 0) is 103 Å². The third-order valence-electron chi connectivity index (χ3n) is 10.1. The van der Waals surface area contributed by atoms with Crippen LogP contribution >= 0.6 is 0 Å². The van der Waals surface area contributed by atoms with E-state index in [1.807, 2.05) is 0 Å². The molecule has 0 bridgehead atoms. The molecule has 0 aromatic rings. The molecule has 0 aliphatic rings. The van der Waals surface area contributed by atoms with Crippen LogP contribution < -0.4 is 0 Å². The van der Waals surface area contributed by atoms with Crippen molar-refractivity contribution in [3.05, 3.63) is 109 Å². The molecule has 0 amide bonds. The number of rotatable bonds is 44. The van der Waals surface area contributed by atoms with Crippen LogP contribution in [0.5, 0.6) is 0 Å². The Morgan fingerprint density at radius 3 is 1.15 bits per heavy atom.